The van der Waals surface area contributed by atoms with E-state index in [9.17, 15) is 8.78 Å². The molecule has 0 unspecified atom stereocenters. The molecule has 0 spiro atoms. The molecule has 3 nitrogen and oxygen atoms in total. The molecule has 0 radical (unpaired) electrons. The Bertz CT molecular complexity index is 819. The highest BCUT2D eigenvalue weighted by Crippen LogP contribution is 2.26. The van der Waals surface area contributed by atoms with E-state index in [4.69, 9.17) is 0 Å². The fourth-order valence-electron chi connectivity index (χ4n) is 2.14. The van der Waals surface area contributed by atoms with Crippen molar-refractivity contribution in [3.05, 3.63) is 60.2 Å². The van der Waals surface area contributed by atoms with Crippen molar-refractivity contribution in [1.82, 2.24) is 14.8 Å². The molecule has 7 heteroatoms. The van der Waals surface area contributed by atoms with Gasteiger partial charge in [-0.15, -0.1) is 22.0 Å². The van der Waals surface area contributed by atoms with Crippen LogP contribution in [0.5, 0.6) is 0 Å². The maximum atomic E-state index is 13.9. The van der Waals surface area contributed by atoms with Gasteiger partial charge in [0.15, 0.2) is 11.0 Å². The number of nitrogens with zero attached hydrogens (tertiary/aromatic N) is 3. The minimum absolute atomic E-state index is 0.228. The Labute approximate surface area is 147 Å². The zero-order chi connectivity index (χ0) is 16.9. The first-order valence-corrected chi connectivity index (χ1v) is 9.28. The van der Waals surface area contributed by atoms with Gasteiger partial charge in [0, 0.05) is 23.4 Å². The highest BCUT2D eigenvalue weighted by molar-refractivity contribution is 8.02. The Hall–Kier alpha value is -1.86. The molecule has 1 heterocycles. The zero-order valence-electron chi connectivity index (χ0n) is 12.9. The van der Waals surface area contributed by atoms with Gasteiger partial charge in [-0.3, -0.25) is 0 Å². The van der Waals surface area contributed by atoms with Gasteiger partial charge in [0.2, 0.25) is 0 Å². The molecule has 0 atom stereocenters. The van der Waals surface area contributed by atoms with Crippen LogP contribution < -0.4 is 0 Å². The van der Waals surface area contributed by atoms with Crippen LogP contribution in [0.1, 0.15) is 0 Å². The van der Waals surface area contributed by atoms with Gasteiger partial charge < -0.3 is 4.57 Å². The van der Waals surface area contributed by atoms with E-state index < -0.39 is 0 Å². The van der Waals surface area contributed by atoms with E-state index in [-0.39, 0.29) is 11.6 Å². The van der Waals surface area contributed by atoms with E-state index in [1.165, 1.54) is 18.2 Å². The lowest BCUT2D eigenvalue weighted by atomic mass is 10.2. The first-order chi connectivity index (χ1) is 11.6. The van der Waals surface area contributed by atoms with Crippen LogP contribution in [-0.4, -0.2) is 26.3 Å². The van der Waals surface area contributed by atoms with Crippen molar-refractivity contribution in [1.29, 1.82) is 0 Å². The molecule has 0 bridgehead atoms. The molecule has 0 fully saturated rings. The van der Waals surface area contributed by atoms with E-state index >= 15 is 0 Å². The Morgan fingerprint density at radius 1 is 0.917 bits per heavy atom. The summed E-state index contributed by atoms with van der Waals surface area (Å²) in [6.07, 6.45) is 0. The van der Waals surface area contributed by atoms with Gasteiger partial charge >= 0.3 is 0 Å². The normalized spacial score (nSPS) is 11.0. The van der Waals surface area contributed by atoms with Crippen molar-refractivity contribution in [3.8, 4) is 11.4 Å². The van der Waals surface area contributed by atoms with Crippen LogP contribution in [0.4, 0.5) is 8.78 Å². The second kappa shape index (κ2) is 7.81. The van der Waals surface area contributed by atoms with Crippen molar-refractivity contribution in [2.75, 3.05) is 11.5 Å². The molecule has 24 heavy (non-hydrogen) atoms. The maximum Gasteiger partial charge on any atom is 0.191 e. The highest BCUT2D eigenvalue weighted by Gasteiger charge is 2.14. The van der Waals surface area contributed by atoms with Crippen LogP contribution in [0.2, 0.25) is 0 Å². The summed E-state index contributed by atoms with van der Waals surface area (Å²) in [4.78, 5) is 1.03. The molecule has 0 aliphatic heterocycles. The Morgan fingerprint density at radius 2 is 1.62 bits per heavy atom. The third-order valence-electron chi connectivity index (χ3n) is 3.35. The number of benzene rings is 2. The van der Waals surface area contributed by atoms with Gasteiger partial charge in [-0.05, 0) is 36.4 Å². The van der Waals surface area contributed by atoms with E-state index in [1.807, 2.05) is 7.05 Å². The molecule has 2 aromatic carbocycles. The van der Waals surface area contributed by atoms with Gasteiger partial charge in [-0.2, -0.15) is 0 Å². The third kappa shape index (κ3) is 3.96. The summed E-state index contributed by atoms with van der Waals surface area (Å²) in [6, 6.07) is 13.0. The molecule has 0 aliphatic rings. The lowest BCUT2D eigenvalue weighted by molar-refractivity contribution is 0.626. The minimum Gasteiger partial charge on any atom is -0.305 e. The molecule has 0 N–H and O–H groups in total. The molecule has 0 saturated heterocycles. The van der Waals surface area contributed by atoms with Gasteiger partial charge in [0.1, 0.15) is 11.6 Å². The fourth-order valence-corrected chi connectivity index (χ4v) is 3.93. The van der Waals surface area contributed by atoms with Crippen molar-refractivity contribution < 1.29 is 8.78 Å². The van der Waals surface area contributed by atoms with Crippen LogP contribution in [0, 0.1) is 11.6 Å². The predicted molar refractivity (Wildman–Crippen MR) is 94.2 cm³/mol. The van der Waals surface area contributed by atoms with Crippen LogP contribution in [0.15, 0.2) is 58.6 Å². The number of halogens is 2. The number of rotatable bonds is 6. The first kappa shape index (κ1) is 17.0. The van der Waals surface area contributed by atoms with E-state index in [2.05, 4.69) is 10.2 Å². The lowest BCUT2D eigenvalue weighted by Gasteiger charge is -2.05. The predicted octanol–water partition coefficient (Wildman–Crippen LogP) is 4.64. The maximum absolute atomic E-state index is 13.9. The molecule has 3 rings (SSSR count). The molecule has 0 aliphatic carbocycles. The summed E-state index contributed by atoms with van der Waals surface area (Å²) >= 11 is 3.22. The standard InChI is InChI=1S/C17H15F2N3S2/c1-22-16(14-4-2-3-5-15(14)19)20-21-17(22)24-11-10-23-13-8-6-12(18)7-9-13/h2-9H,10-11H2,1H3. The Morgan fingerprint density at radius 3 is 2.38 bits per heavy atom. The molecule has 1 aromatic heterocycles. The fraction of sp³-hybridized carbons (Fsp3) is 0.176. The molecular formula is C17H15F2N3S2. The van der Waals surface area contributed by atoms with Gasteiger partial charge in [-0.1, -0.05) is 23.9 Å². The Kier molecular flexibility index (Phi) is 5.52. The molecular weight excluding hydrogens is 348 g/mol. The van der Waals surface area contributed by atoms with Crippen LogP contribution in [-0.2, 0) is 7.05 Å². The average molecular weight is 363 g/mol. The van der Waals surface area contributed by atoms with Gasteiger partial charge in [0.25, 0.3) is 0 Å². The highest BCUT2D eigenvalue weighted by atomic mass is 32.2. The van der Waals surface area contributed by atoms with E-state index in [1.54, 1.807) is 58.4 Å². The molecule has 3 aromatic rings. The van der Waals surface area contributed by atoms with E-state index in [0.29, 0.717) is 11.4 Å². The average Bonchev–Trinajstić information content (AvgIpc) is 2.94. The number of aromatic nitrogens is 3. The van der Waals surface area contributed by atoms with Crippen LogP contribution in [0.3, 0.4) is 0 Å². The quantitative estimate of drug-likeness (QED) is 0.471. The zero-order valence-corrected chi connectivity index (χ0v) is 14.6. The second-order valence-electron chi connectivity index (χ2n) is 5.00. The third-order valence-corrected chi connectivity index (χ3v) is 5.64. The molecule has 0 saturated carbocycles. The van der Waals surface area contributed by atoms with Crippen molar-refractivity contribution >= 4 is 23.5 Å². The SMILES string of the molecule is Cn1c(SCCSc2ccc(F)cc2)nnc1-c1ccccc1F. The van der Waals surface area contributed by atoms with Crippen LogP contribution in [0.25, 0.3) is 11.4 Å². The van der Waals surface area contributed by atoms with Crippen molar-refractivity contribution in [3.63, 3.8) is 0 Å². The summed E-state index contributed by atoms with van der Waals surface area (Å²) in [5.41, 5.74) is 0.444. The minimum atomic E-state index is -0.309. The summed E-state index contributed by atoms with van der Waals surface area (Å²) in [5, 5.41) is 8.98. The summed E-state index contributed by atoms with van der Waals surface area (Å²) in [7, 11) is 1.83. The number of hydrogen-bond acceptors (Lipinski definition) is 4. The molecule has 124 valence electrons. The monoisotopic (exact) mass is 363 g/mol. The van der Waals surface area contributed by atoms with Crippen molar-refractivity contribution in [2.24, 2.45) is 7.05 Å². The second-order valence-corrected chi connectivity index (χ2v) is 7.23. The van der Waals surface area contributed by atoms with Crippen molar-refractivity contribution in [2.45, 2.75) is 10.1 Å². The summed E-state index contributed by atoms with van der Waals surface area (Å²) in [5.74, 6) is 1.66. The smallest absolute Gasteiger partial charge is 0.191 e. The number of hydrogen-bond donors (Lipinski definition) is 0. The van der Waals surface area contributed by atoms with E-state index in [0.717, 1.165) is 21.6 Å². The Balaban J connectivity index is 1.59. The van der Waals surface area contributed by atoms with Crippen LogP contribution >= 0.6 is 23.5 Å². The number of thioether (sulfide) groups is 2. The molecule has 0 amide bonds. The summed E-state index contributed by atoms with van der Waals surface area (Å²) < 4.78 is 28.5. The largest absolute Gasteiger partial charge is 0.305 e. The lowest BCUT2D eigenvalue weighted by Crippen LogP contribution is -1.97. The van der Waals surface area contributed by atoms with Gasteiger partial charge in [-0.25, -0.2) is 8.78 Å². The van der Waals surface area contributed by atoms with Gasteiger partial charge in [0.05, 0.1) is 5.56 Å². The summed E-state index contributed by atoms with van der Waals surface area (Å²) in [6.45, 7) is 0. The first-order valence-electron chi connectivity index (χ1n) is 7.30. The topological polar surface area (TPSA) is 30.7 Å².